The number of carbonyl (C=O) groups is 2. The zero-order valence-electron chi connectivity index (χ0n) is 19.7. The molecule has 0 radical (unpaired) electrons. The van der Waals surface area contributed by atoms with Crippen molar-refractivity contribution in [3.05, 3.63) is 58.4 Å². The molecule has 5 atom stereocenters. The number of hydrogen-bond donors (Lipinski definition) is 2. The lowest BCUT2D eigenvalue weighted by molar-refractivity contribution is -0.196. The summed E-state index contributed by atoms with van der Waals surface area (Å²) in [5, 5.41) is 23.4. The van der Waals surface area contributed by atoms with Crippen molar-refractivity contribution in [3.63, 3.8) is 0 Å². The number of nitrogens with zero attached hydrogens (tertiary/aromatic N) is 2. The van der Waals surface area contributed by atoms with Crippen LogP contribution in [0.2, 0.25) is 0 Å². The third kappa shape index (κ3) is 2.31. The van der Waals surface area contributed by atoms with Crippen LogP contribution in [0.15, 0.2) is 30.3 Å². The molecule has 3 aliphatic carbocycles. The molecule has 2 amide bonds. The van der Waals surface area contributed by atoms with E-state index in [1.54, 1.807) is 6.07 Å². The van der Waals surface area contributed by atoms with E-state index in [0.29, 0.717) is 37.4 Å². The smallest absolute Gasteiger partial charge is 0.264 e. The van der Waals surface area contributed by atoms with Gasteiger partial charge < -0.3 is 14.9 Å². The second-order valence-corrected chi connectivity index (χ2v) is 11.5. The molecule has 1 saturated heterocycles. The Morgan fingerprint density at radius 1 is 1.08 bits per heavy atom. The highest BCUT2D eigenvalue weighted by molar-refractivity contribution is 6.21. The number of piperidine rings is 1. The van der Waals surface area contributed by atoms with E-state index in [0.717, 1.165) is 29.1 Å². The van der Waals surface area contributed by atoms with E-state index >= 15 is 0 Å². The minimum absolute atomic E-state index is 0.00545. The van der Waals surface area contributed by atoms with Crippen LogP contribution in [-0.4, -0.2) is 68.7 Å². The largest absolute Gasteiger partial charge is 0.504 e. The minimum Gasteiger partial charge on any atom is -0.504 e. The summed E-state index contributed by atoms with van der Waals surface area (Å²) >= 11 is 0. The fourth-order valence-electron chi connectivity index (χ4n) is 8.28. The molecular formula is C28H27FN2O5. The molecular weight excluding hydrogens is 463 g/mol. The highest BCUT2D eigenvalue weighted by Crippen LogP contribution is 2.66. The first-order valence-corrected chi connectivity index (χ1v) is 13.0. The Labute approximate surface area is 207 Å². The van der Waals surface area contributed by atoms with Gasteiger partial charge in [0.2, 0.25) is 0 Å². The third-order valence-corrected chi connectivity index (χ3v) is 9.96. The molecule has 1 unspecified atom stereocenters. The molecule has 0 aromatic heterocycles. The normalized spacial score (nSPS) is 36.1. The van der Waals surface area contributed by atoms with Gasteiger partial charge in [0.25, 0.3) is 11.8 Å². The third-order valence-electron chi connectivity index (χ3n) is 9.96. The lowest BCUT2D eigenvalue weighted by Gasteiger charge is -2.64. The molecule has 186 valence electrons. The molecule has 2 saturated carbocycles. The van der Waals surface area contributed by atoms with Gasteiger partial charge in [-0.25, -0.2) is 4.39 Å². The van der Waals surface area contributed by atoms with Crippen LogP contribution in [0.3, 0.4) is 0 Å². The van der Waals surface area contributed by atoms with Crippen molar-refractivity contribution in [2.45, 2.75) is 67.7 Å². The average Bonchev–Trinajstić information content (AvgIpc) is 3.54. The van der Waals surface area contributed by atoms with Crippen molar-refractivity contribution < 1.29 is 28.9 Å². The van der Waals surface area contributed by atoms with Crippen LogP contribution < -0.4 is 4.74 Å². The minimum atomic E-state index is -1.11. The summed E-state index contributed by atoms with van der Waals surface area (Å²) in [6.45, 7) is 1.75. The molecule has 7 nitrogen and oxygen atoms in total. The second-order valence-electron chi connectivity index (χ2n) is 11.5. The number of aromatic hydroxyl groups is 1. The standard InChI is InChI=1S/C28H27FN2O5/c29-17-3-1-2-16-21(17)26(34)31(25(16)33)18-8-9-28(35)20-12-15-6-7-19(32)23-22(15)27(28,24(18)36-23)10-11-30(20)13-14-4-5-14/h1-3,6-7,14,18,20,24,32,35H,4-5,8-13H2/t18-,20-,24+,27+,28?/m1/s1. The Hall–Kier alpha value is -2.97. The maximum absolute atomic E-state index is 14.6. The van der Waals surface area contributed by atoms with Crippen LogP contribution in [0.1, 0.15) is 63.9 Å². The van der Waals surface area contributed by atoms with Gasteiger partial charge >= 0.3 is 0 Å². The van der Waals surface area contributed by atoms with Gasteiger partial charge in [0.1, 0.15) is 11.9 Å². The monoisotopic (exact) mass is 490 g/mol. The Morgan fingerprint density at radius 3 is 2.69 bits per heavy atom. The number of likely N-dealkylation sites (tertiary alicyclic amines) is 1. The van der Waals surface area contributed by atoms with Crippen molar-refractivity contribution in [3.8, 4) is 11.5 Å². The fraction of sp³-hybridized carbons (Fsp3) is 0.500. The number of imide groups is 1. The number of phenolic OH excluding ortho intramolecular Hbond substituents is 1. The fourth-order valence-corrected chi connectivity index (χ4v) is 8.28. The number of benzene rings is 2. The topological polar surface area (TPSA) is 90.3 Å². The highest BCUT2D eigenvalue weighted by atomic mass is 19.1. The van der Waals surface area contributed by atoms with Gasteiger partial charge in [-0.15, -0.1) is 0 Å². The number of amides is 2. The quantitative estimate of drug-likeness (QED) is 0.644. The Balaban J connectivity index is 1.28. The van der Waals surface area contributed by atoms with E-state index < -0.39 is 40.8 Å². The first-order valence-electron chi connectivity index (χ1n) is 13.0. The Morgan fingerprint density at radius 2 is 1.92 bits per heavy atom. The van der Waals surface area contributed by atoms with Gasteiger partial charge in [-0.3, -0.25) is 19.4 Å². The number of aliphatic hydroxyl groups is 1. The van der Waals surface area contributed by atoms with E-state index in [4.69, 9.17) is 4.74 Å². The van der Waals surface area contributed by atoms with Crippen LogP contribution in [0.25, 0.3) is 0 Å². The highest BCUT2D eigenvalue weighted by Gasteiger charge is 2.74. The molecule has 3 aliphatic heterocycles. The van der Waals surface area contributed by atoms with Crippen molar-refractivity contribution in [1.82, 2.24) is 9.80 Å². The Kier molecular flexibility index (Phi) is 3.91. The second kappa shape index (κ2) is 6.66. The molecule has 2 N–H and O–H groups in total. The first-order chi connectivity index (χ1) is 17.3. The van der Waals surface area contributed by atoms with E-state index in [1.165, 1.54) is 31.0 Å². The number of carbonyl (C=O) groups excluding carboxylic acids is 2. The van der Waals surface area contributed by atoms with E-state index in [-0.39, 0.29) is 22.9 Å². The van der Waals surface area contributed by atoms with Crippen molar-refractivity contribution in [2.75, 3.05) is 13.1 Å². The summed E-state index contributed by atoms with van der Waals surface area (Å²) in [5.41, 5.74) is -0.203. The van der Waals surface area contributed by atoms with Crippen LogP contribution in [0.4, 0.5) is 4.39 Å². The number of phenols is 1. The Bertz CT molecular complexity index is 1370. The van der Waals surface area contributed by atoms with E-state index in [9.17, 15) is 24.2 Å². The average molecular weight is 491 g/mol. The van der Waals surface area contributed by atoms with Gasteiger partial charge in [-0.1, -0.05) is 12.1 Å². The molecule has 3 heterocycles. The molecule has 3 fully saturated rings. The molecule has 8 heteroatoms. The summed E-state index contributed by atoms with van der Waals surface area (Å²) < 4.78 is 21.1. The summed E-state index contributed by atoms with van der Waals surface area (Å²) in [4.78, 5) is 30.5. The van der Waals surface area contributed by atoms with Gasteiger partial charge in [-0.05, 0) is 74.8 Å². The van der Waals surface area contributed by atoms with Crippen molar-refractivity contribution in [2.24, 2.45) is 5.92 Å². The van der Waals surface area contributed by atoms with Crippen LogP contribution >= 0.6 is 0 Å². The summed E-state index contributed by atoms with van der Waals surface area (Å²) in [6, 6.07) is 6.91. The maximum atomic E-state index is 14.6. The maximum Gasteiger partial charge on any atom is 0.264 e. The summed E-state index contributed by atoms with van der Waals surface area (Å²) in [7, 11) is 0. The molecule has 2 bridgehead atoms. The van der Waals surface area contributed by atoms with Gasteiger partial charge in [-0.2, -0.15) is 0 Å². The van der Waals surface area contributed by atoms with Gasteiger partial charge in [0.05, 0.1) is 28.2 Å². The van der Waals surface area contributed by atoms with Gasteiger partial charge in [0.15, 0.2) is 11.5 Å². The molecule has 6 aliphatic rings. The number of fused-ring (bicyclic) bond motifs is 1. The molecule has 36 heavy (non-hydrogen) atoms. The predicted octanol–water partition coefficient (Wildman–Crippen LogP) is 2.76. The van der Waals surface area contributed by atoms with E-state index in [1.807, 2.05) is 6.07 Å². The number of rotatable bonds is 3. The lowest BCUT2D eigenvalue weighted by Crippen LogP contribution is -2.78. The molecule has 8 rings (SSSR count). The number of ether oxygens (including phenoxy) is 1. The molecule has 1 spiro atoms. The van der Waals surface area contributed by atoms with Crippen LogP contribution in [0, 0.1) is 11.7 Å². The zero-order chi connectivity index (χ0) is 24.6. The zero-order valence-corrected chi connectivity index (χ0v) is 19.7. The number of halogens is 1. The number of hydrogen-bond acceptors (Lipinski definition) is 6. The van der Waals surface area contributed by atoms with Gasteiger partial charge in [0, 0.05) is 18.2 Å². The van der Waals surface area contributed by atoms with Crippen molar-refractivity contribution in [1.29, 1.82) is 0 Å². The SMILES string of the molecule is O=C1c2cccc(F)c2C(=O)N1[C@@H]1CCC2(O)[C@H]3Cc4ccc(O)c5c4[C@@]2(CCN3CC2CC2)[C@H]1O5. The summed E-state index contributed by atoms with van der Waals surface area (Å²) in [6.07, 6.45) is 3.77. The van der Waals surface area contributed by atoms with E-state index in [2.05, 4.69) is 4.90 Å². The summed E-state index contributed by atoms with van der Waals surface area (Å²) in [5.74, 6) is -0.836. The predicted molar refractivity (Wildman–Crippen MR) is 125 cm³/mol. The van der Waals surface area contributed by atoms with Crippen molar-refractivity contribution >= 4 is 11.8 Å². The van der Waals surface area contributed by atoms with Crippen LogP contribution in [-0.2, 0) is 11.8 Å². The molecule has 2 aromatic rings. The first kappa shape index (κ1) is 21.1. The lowest BCUT2D eigenvalue weighted by atomic mass is 9.48. The van der Waals surface area contributed by atoms with Crippen LogP contribution in [0.5, 0.6) is 11.5 Å². The molecule has 2 aromatic carbocycles.